The van der Waals surface area contributed by atoms with Crippen LogP contribution in [-0.4, -0.2) is 70.3 Å². The first kappa shape index (κ1) is 23.1. The van der Waals surface area contributed by atoms with E-state index < -0.39 is 0 Å². The maximum atomic E-state index is 12.6. The summed E-state index contributed by atoms with van der Waals surface area (Å²) in [7, 11) is 2.00. The molecule has 0 aliphatic carbocycles. The first-order valence-corrected chi connectivity index (χ1v) is 12.2. The number of nitrogens with one attached hydrogen (secondary N) is 1. The summed E-state index contributed by atoms with van der Waals surface area (Å²) in [6, 6.07) is 8.23. The van der Waals surface area contributed by atoms with Crippen molar-refractivity contribution in [1.82, 2.24) is 24.8 Å². The SMILES string of the molecule is CCOc1cc(-c2ccc(N3CCC(C)(NC(=O)C4CCN4C)CC3)nc2)c2c(C#N)cnn2c1. The van der Waals surface area contributed by atoms with Gasteiger partial charge in [-0.15, -0.1) is 0 Å². The summed E-state index contributed by atoms with van der Waals surface area (Å²) >= 11 is 0. The Labute approximate surface area is 205 Å². The zero-order valence-electron chi connectivity index (χ0n) is 20.5. The zero-order chi connectivity index (χ0) is 24.6. The molecule has 3 aromatic rings. The monoisotopic (exact) mass is 473 g/mol. The van der Waals surface area contributed by atoms with Crippen molar-refractivity contribution in [3.63, 3.8) is 0 Å². The quantitative estimate of drug-likeness (QED) is 0.588. The van der Waals surface area contributed by atoms with Crippen LogP contribution in [0.1, 0.15) is 38.7 Å². The molecule has 2 aliphatic rings. The van der Waals surface area contributed by atoms with Crippen LogP contribution < -0.4 is 15.0 Å². The van der Waals surface area contributed by atoms with Crippen LogP contribution in [0.3, 0.4) is 0 Å². The molecule has 0 spiro atoms. The van der Waals surface area contributed by atoms with Crippen molar-refractivity contribution in [2.75, 3.05) is 38.2 Å². The molecule has 1 atom stereocenters. The number of pyridine rings is 2. The van der Waals surface area contributed by atoms with Crippen molar-refractivity contribution < 1.29 is 9.53 Å². The molecule has 182 valence electrons. The van der Waals surface area contributed by atoms with Crippen molar-refractivity contribution in [3.8, 4) is 22.9 Å². The predicted molar refractivity (Wildman–Crippen MR) is 133 cm³/mol. The minimum Gasteiger partial charge on any atom is -0.492 e. The summed E-state index contributed by atoms with van der Waals surface area (Å²) < 4.78 is 7.40. The molecule has 35 heavy (non-hydrogen) atoms. The first-order chi connectivity index (χ1) is 16.9. The number of anilines is 1. The maximum absolute atomic E-state index is 12.6. The lowest BCUT2D eigenvalue weighted by Crippen LogP contribution is -2.61. The molecule has 9 nitrogen and oxygen atoms in total. The number of amides is 1. The van der Waals surface area contributed by atoms with Crippen molar-refractivity contribution in [1.29, 1.82) is 5.26 Å². The largest absolute Gasteiger partial charge is 0.492 e. The van der Waals surface area contributed by atoms with E-state index in [9.17, 15) is 10.1 Å². The minimum atomic E-state index is -0.190. The van der Waals surface area contributed by atoms with E-state index in [1.807, 2.05) is 38.4 Å². The van der Waals surface area contributed by atoms with Gasteiger partial charge in [-0.05, 0) is 58.4 Å². The van der Waals surface area contributed by atoms with Crippen LogP contribution in [0.4, 0.5) is 5.82 Å². The molecular formula is C26H31N7O2. The number of likely N-dealkylation sites (tertiary alicyclic amines) is 1. The van der Waals surface area contributed by atoms with Crippen molar-refractivity contribution in [2.45, 2.75) is 44.7 Å². The summed E-state index contributed by atoms with van der Waals surface area (Å²) in [5, 5.41) is 17.2. The Morgan fingerprint density at radius 3 is 2.69 bits per heavy atom. The fraction of sp³-hybridized carbons (Fsp3) is 0.462. The molecule has 1 N–H and O–H groups in total. The molecule has 5 heterocycles. The van der Waals surface area contributed by atoms with Crippen molar-refractivity contribution >= 4 is 17.2 Å². The van der Waals surface area contributed by atoms with E-state index in [0.717, 1.165) is 61.4 Å². The lowest BCUT2D eigenvalue weighted by atomic mass is 9.88. The topological polar surface area (TPSA) is 98.8 Å². The number of likely N-dealkylation sites (N-methyl/N-ethyl adjacent to an activating group) is 1. The number of fused-ring (bicyclic) bond motifs is 1. The molecule has 0 saturated carbocycles. The average molecular weight is 474 g/mol. The molecule has 3 aromatic heterocycles. The Morgan fingerprint density at radius 2 is 2.09 bits per heavy atom. The van der Waals surface area contributed by atoms with E-state index in [1.54, 1.807) is 16.9 Å². The molecule has 5 rings (SSSR count). The molecule has 0 bridgehead atoms. The molecule has 2 saturated heterocycles. The third-order valence-corrected chi connectivity index (χ3v) is 7.28. The summed E-state index contributed by atoms with van der Waals surface area (Å²) in [6.45, 7) is 7.27. The molecule has 0 radical (unpaired) electrons. The van der Waals surface area contributed by atoms with Gasteiger partial charge in [-0.2, -0.15) is 10.4 Å². The predicted octanol–water partition coefficient (Wildman–Crippen LogP) is 2.85. The lowest BCUT2D eigenvalue weighted by Gasteiger charge is -2.43. The minimum absolute atomic E-state index is 0.0177. The summed E-state index contributed by atoms with van der Waals surface area (Å²) in [5.41, 5.74) is 2.82. The van der Waals surface area contributed by atoms with Crippen molar-refractivity contribution in [3.05, 3.63) is 42.4 Å². The zero-order valence-corrected chi connectivity index (χ0v) is 20.5. The highest BCUT2D eigenvalue weighted by molar-refractivity contribution is 5.85. The molecule has 0 aromatic carbocycles. The van der Waals surface area contributed by atoms with E-state index >= 15 is 0 Å². The Bertz CT molecular complexity index is 1270. The van der Waals surface area contributed by atoms with Gasteiger partial charge >= 0.3 is 0 Å². The van der Waals surface area contributed by atoms with Gasteiger partial charge < -0.3 is 15.0 Å². The van der Waals surface area contributed by atoms with Crippen LogP contribution in [0.2, 0.25) is 0 Å². The van der Waals surface area contributed by atoms with E-state index in [-0.39, 0.29) is 17.5 Å². The normalized spacial score (nSPS) is 19.7. The molecule has 9 heteroatoms. The van der Waals surface area contributed by atoms with Gasteiger partial charge in [0, 0.05) is 42.5 Å². The van der Waals surface area contributed by atoms with E-state index in [0.29, 0.717) is 17.9 Å². The summed E-state index contributed by atoms with van der Waals surface area (Å²) in [4.78, 5) is 21.7. The Morgan fingerprint density at radius 1 is 1.29 bits per heavy atom. The van der Waals surface area contributed by atoms with Gasteiger partial charge in [-0.3, -0.25) is 9.69 Å². The van der Waals surface area contributed by atoms with Crippen LogP contribution in [-0.2, 0) is 4.79 Å². The number of carbonyl (C=O) groups is 1. The number of piperidine rings is 1. The second-order valence-electron chi connectivity index (χ2n) is 9.71. The highest BCUT2D eigenvalue weighted by Crippen LogP contribution is 2.32. The summed E-state index contributed by atoms with van der Waals surface area (Å²) in [6.07, 6.45) is 7.89. The Balaban J connectivity index is 1.31. The highest BCUT2D eigenvalue weighted by Gasteiger charge is 2.37. The lowest BCUT2D eigenvalue weighted by molar-refractivity contribution is -0.131. The second-order valence-corrected chi connectivity index (χ2v) is 9.71. The number of hydrogen-bond donors (Lipinski definition) is 1. The third kappa shape index (κ3) is 4.42. The highest BCUT2D eigenvalue weighted by atomic mass is 16.5. The average Bonchev–Trinajstić information content (AvgIpc) is 3.26. The van der Waals surface area contributed by atoms with Gasteiger partial charge in [0.2, 0.25) is 5.91 Å². The summed E-state index contributed by atoms with van der Waals surface area (Å²) in [5.74, 6) is 1.75. The van der Waals surface area contributed by atoms with Gasteiger partial charge in [0.05, 0.1) is 36.1 Å². The molecule has 1 unspecified atom stereocenters. The number of carbonyl (C=O) groups excluding carboxylic acids is 1. The van der Waals surface area contributed by atoms with E-state index in [2.05, 4.69) is 33.2 Å². The molecule has 2 fully saturated rings. The van der Waals surface area contributed by atoms with Gasteiger partial charge in [0.1, 0.15) is 17.6 Å². The van der Waals surface area contributed by atoms with E-state index in [1.165, 1.54) is 0 Å². The first-order valence-electron chi connectivity index (χ1n) is 12.2. The van der Waals surface area contributed by atoms with Crippen LogP contribution >= 0.6 is 0 Å². The van der Waals surface area contributed by atoms with Crippen molar-refractivity contribution in [2.24, 2.45) is 0 Å². The number of rotatable bonds is 6. The van der Waals surface area contributed by atoms with Crippen LogP contribution in [0.25, 0.3) is 16.6 Å². The van der Waals surface area contributed by atoms with Crippen LogP contribution in [0, 0.1) is 11.3 Å². The van der Waals surface area contributed by atoms with Gasteiger partial charge in [0.15, 0.2) is 0 Å². The molecule has 2 aliphatic heterocycles. The maximum Gasteiger partial charge on any atom is 0.237 e. The second kappa shape index (κ2) is 9.19. The Kier molecular flexibility index (Phi) is 6.07. The number of ether oxygens (including phenoxy) is 1. The van der Waals surface area contributed by atoms with Gasteiger partial charge in [0.25, 0.3) is 0 Å². The number of nitriles is 1. The van der Waals surface area contributed by atoms with Crippen LogP contribution in [0.15, 0.2) is 36.8 Å². The Hall–Kier alpha value is -3.64. The third-order valence-electron chi connectivity index (χ3n) is 7.28. The van der Waals surface area contributed by atoms with Gasteiger partial charge in [-0.25, -0.2) is 9.50 Å². The fourth-order valence-electron chi connectivity index (χ4n) is 4.96. The standard InChI is InChI=1S/C26H31N7O2/c1-4-35-20-13-21(24-19(14-27)16-29-33(24)17-20)18-5-6-23(28-15-18)32-11-8-26(2,9-12-32)30-25(34)22-7-10-31(22)3/h5-6,13,15-17,22H,4,7-12H2,1-3H3,(H,30,34). The van der Waals surface area contributed by atoms with Gasteiger partial charge in [-0.1, -0.05) is 0 Å². The number of hydrogen-bond acceptors (Lipinski definition) is 7. The smallest absolute Gasteiger partial charge is 0.237 e. The van der Waals surface area contributed by atoms with E-state index in [4.69, 9.17) is 9.72 Å². The molecule has 1 amide bonds. The molecular weight excluding hydrogens is 442 g/mol. The number of aromatic nitrogens is 3. The number of nitrogens with zero attached hydrogens (tertiary/aromatic N) is 6. The fourth-order valence-corrected chi connectivity index (χ4v) is 4.96. The van der Waals surface area contributed by atoms with Crippen LogP contribution in [0.5, 0.6) is 5.75 Å².